The Bertz CT molecular complexity index is 1210. The van der Waals surface area contributed by atoms with Crippen LogP contribution in [0.3, 0.4) is 0 Å². The molecule has 1 aliphatic heterocycles. The molecule has 0 spiro atoms. The summed E-state index contributed by atoms with van der Waals surface area (Å²) >= 11 is 5.90. The number of allylic oxidation sites excluding steroid dienone is 4. The molecule has 7 nitrogen and oxygen atoms in total. The van der Waals surface area contributed by atoms with Gasteiger partial charge in [-0.25, -0.2) is 4.39 Å². The molecule has 224 valence electrons. The van der Waals surface area contributed by atoms with E-state index in [2.05, 4.69) is 17.1 Å². The number of hydrogen-bond acceptors (Lipinski definition) is 6. The number of aliphatic hydroxyl groups excluding tert-OH is 1. The largest absolute Gasteiger partial charge is 0.458 e. The van der Waals surface area contributed by atoms with Crippen LogP contribution in [0.15, 0.2) is 23.8 Å². The summed E-state index contributed by atoms with van der Waals surface area (Å²) in [4.78, 5) is 40.3. The predicted molar refractivity (Wildman–Crippen MR) is 155 cm³/mol. The Morgan fingerprint density at radius 1 is 1.22 bits per heavy atom. The minimum atomic E-state index is -1.28. The van der Waals surface area contributed by atoms with Crippen LogP contribution in [0.25, 0.3) is 0 Å². The zero-order chi connectivity index (χ0) is 29.3. The highest BCUT2D eigenvalue weighted by atomic mass is 32.1. The number of rotatable bonds is 4. The average Bonchev–Trinajstić information content (AvgIpc) is 3.42. The first-order valence-corrected chi connectivity index (χ1v) is 15.8. The second kappa shape index (κ2) is 10.2. The first kappa shape index (κ1) is 29.0. The SMILES string of the molecule is CC(=O)OCC(=O)[C@@]12CN(C(=S)NC3CCCCC3)C[C@@H]1CC1[C@@H]3C[C@H](F)C4=CC(=O)C=C[C@]4(C)C3C(O)C[C@@]12C. The molecule has 9 heteroatoms. The first-order chi connectivity index (χ1) is 19.4. The summed E-state index contributed by atoms with van der Waals surface area (Å²) in [6.45, 7) is 6.06. The minimum Gasteiger partial charge on any atom is -0.458 e. The van der Waals surface area contributed by atoms with Gasteiger partial charge in [0.2, 0.25) is 0 Å². The van der Waals surface area contributed by atoms with Gasteiger partial charge in [0.15, 0.2) is 23.3 Å². The van der Waals surface area contributed by atoms with E-state index >= 15 is 4.39 Å². The highest BCUT2D eigenvalue weighted by Gasteiger charge is 2.74. The van der Waals surface area contributed by atoms with Gasteiger partial charge >= 0.3 is 5.97 Å². The van der Waals surface area contributed by atoms with Crippen LogP contribution in [0.4, 0.5) is 4.39 Å². The number of halogens is 1. The number of carbonyl (C=O) groups is 3. The standard InChI is InChI=1S/C32H43FN2O5S/c1-18(36)40-16-27(39)32-17-35(29(41)34-20-7-5-4-6-8-20)15-19(32)11-23-22-13-25(33)24-12-21(37)9-10-30(24,2)28(22)26(38)14-31(23,32)3/h9-10,12,19-20,22-23,25-26,28,38H,4-8,11,13-17H2,1-3H3,(H,34,41)/t19-,22-,23?,25-,26?,28?,30-,31-,32+/m0/s1. The zero-order valence-electron chi connectivity index (χ0n) is 24.4. The number of nitrogens with zero attached hydrogens (tertiary/aromatic N) is 1. The van der Waals surface area contributed by atoms with Gasteiger partial charge in [-0.1, -0.05) is 39.2 Å². The summed E-state index contributed by atoms with van der Waals surface area (Å²) < 4.78 is 21.1. The molecule has 2 N–H and O–H groups in total. The summed E-state index contributed by atoms with van der Waals surface area (Å²) in [6.07, 6.45) is 9.80. The van der Waals surface area contributed by atoms with Gasteiger partial charge in [0.05, 0.1) is 11.5 Å². The normalized spacial score (nSPS) is 43.4. The minimum absolute atomic E-state index is 0.00635. The van der Waals surface area contributed by atoms with Gasteiger partial charge in [-0.15, -0.1) is 0 Å². The molecule has 0 aromatic carbocycles. The fourth-order valence-electron chi connectivity index (χ4n) is 10.4. The topological polar surface area (TPSA) is 95.9 Å². The average molecular weight is 587 g/mol. The van der Waals surface area contributed by atoms with Crippen molar-refractivity contribution in [1.29, 1.82) is 0 Å². The van der Waals surface area contributed by atoms with E-state index in [9.17, 15) is 19.5 Å². The number of Topliss-reactive ketones (excluding diaryl/α,β-unsaturated/α-hetero) is 1. The molecule has 5 aliphatic carbocycles. The number of fused-ring (bicyclic) bond motifs is 7. The number of likely N-dealkylation sites (tertiary alicyclic amines) is 1. The van der Waals surface area contributed by atoms with Crippen molar-refractivity contribution in [1.82, 2.24) is 10.2 Å². The number of hydrogen-bond donors (Lipinski definition) is 2. The maximum Gasteiger partial charge on any atom is 0.303 e. The van der Waals surface area contributed by atoms with Gasteiger partial charge in [0.1, 0.15) is 6.17 Å². The molecule has 0 aromatic rings. The molecule has 41 heavy (non-hydrogen) atoms. The smallest absolute Gasteiger partial charge is 0.303 e. The number of ketones is 2. The molecule has 1 heterocycles. The third kappa shape index (κ3) is 4.35. The summed E-state index contributed by atoms with van der Waals surface area (Å²) in [6, 6.07) is 0.340. The Balaban J connectivity index is 1.34. The molecule has 0 bridgehead atoms. The lowest BCUT2D eigenvalue weighted by molar-refractivity contribution is -0.165. The number of aliphatic hydroxyl groups is 1. The van der Waals surface area contributed by atoms with Gasteiger partial charge in [0, 0.05) is 37.4 Å². The van der Waals surface area contributed by atoms with Crippen LogP contribution in [0, 0.1) is 39.9 Å². The highest BCUT2D eigenvalue weighted by Crippen LogP contribution is 2.72. The molecular weight excluding hydrogens is 543 g/mol. The van der Waals surface area contributed by atoms with Crippen molar-refractivity contribution in [2.45, 2.75) is 90.5 Å². The zero-order valence-corrected chi connectivity index (χ0v) is 25.2. The Labute approximate surface area is 247 Å². The Hall–Kier alpha value is -2.13. The molecule has 4 saturated carbocycles. The predicted octanol–water partition coefficient (Wildman–Crippen LogP) is 4.08. The van der Waals surface area contributed by atoms with Gasteiger partial charge < -0.3 is 20.1 Å². The second-order valence-electron chi connectivity index (χ2n) is 14.1. The van der Waals surface area contributed by atoms with Crippen LogP contribution < -0.4 is 5.32 Å². The number of thiocarbonyl (C=S) groups is 1. The highest BCUT2D eigenvalue weighted by molar-refractivity contribution is 7.80. The monoisotopic (exact) mass is 586 g/mol. The lowest BCUT2D eigenvalue weighted by Crippen LogP contribution is -2.62. The van der Waals surface area contributed by atoms with E-state index < -0.39 is 34.5 Å². The van der Waals surface area contributed by atoms with Crippen LogP contribution in [-0.4, -0.2) is 70.7 Å². The van der Waals surface area contributed by atoms with Gasteiger partial charge in [0.25, 0.3) is 0 Å². The van der Waals surface area contributed by atoms with E-state index in [0.29, 0.717) is 36.2 Å². The van der Waals surface area contributed by atoms with Crippen molar-refractivity contribution in [2.75, 3.05) is 19.7 Å². The van der Waals surface area contributed by atoms with E-state index in [1.807, 2.05) is 6.92 Å². The number of ether oxygens (including phenoxy) is 1. The van der Waals surface area contributed by atoms with E-state index in [-0.39, 0.29) is 48.3 Å². The fraction of sp³-hybridized carbons (Fsp3) is 0.750. The van der Waals surface area contributed by atoms with Gasteiger partial charge in [-0.05, 0) is 85.2 Å². The maximum atomic E-state index is 15.9. The second-order valence-corrected chi connectivity index (χ2v) is 14.5. The summed E-state index contributed by atoms with van der Waals surface area (Å²) in [5.41, 5.74) is -1.78. The van der Waals surface area contributed by atoms with E-state index in [1.54, 1.807) is 6.08 Å². The van der Waals surface area contributed by atoms with Crippen LogP contribution >= 0.6 is 12.2 Å². The third-order valence-corrected chi connectivity index (χ3v) is 12.5. The van der Waals surface area contributed by atoms with E-state index in [4.69, 9.17) is 17.0 Å². The van der Waals surface area contributed by atoms with Crippen LogP contribution in [-0.2, 0) is 19.1 Å². The molecule has 0 amide bonds. The van der Waals surface area contributed by atoms with Gasteiger partial charge in [-0.2, -0.15) is 0 Å². The summed E-state index contributed by atoms with van der Waals surface area (Å²) in [5.74, 6) is -1.28. The molecule has 5 fully saturated rings. The number of carbonyl (C=O) groups excluding carboxylic acids is 3. The number of nitrogens with one attached hydrogen (secondary N) is 1. The van der Waals surface area contributed by atoms with Crippen molar-refractivity contribution >= 4 is 34.9 Å². The number of alkyl halides is 1. The summed E-state index contributed by atoms with van der Waals surface area (Å²) in [7, 11) is 0. The Morgan fingerprint density at radius 2 is 1.95 bits per heavy atom. The Kier molecular flexibility index (Phi) is 7.24. The van der Waals surface area contributed by atoms with Crippen molar-refractivity contribution in [3.8, 4) is 0 Å². The van der Waals surface area contributed by atoms with Crippen LogP contribution in [0.1, 0.15) is 72.1 Å². The molecule has 1 saturated heterocycles. The first-order valence-electron chi connectivity index (χ1n) is 15.4. The molecule has 6 rings (SSSR count). The van der Waals surface area contributed by atoms with Crippen LogP contribution in [0.2, 0.25) is 0 Å². The lowest BCUT2D eigenvalue weighted by Gasteiger charge is -2.60. The van der Waals surface area contributed by atoms with Gasteiger partial charge in [-0.3, -0.25) is 14.4 Å². The number of esters is 1. The lowest BCUT2D eigenvalue weighted by atomic mass is 9.44. The van der Waals surface area contributed by atoms with Crippen LogP contribution in [0.5, 0.6) is 0 Å². The molecule has 0 radical (unpaired) electrons. The van der Waals surface area contributed by atoms with Crippen molar-refractivity contribution in [3.05, 3.63) is 23.8 Å². The molecule has 9 atom stereocenters. The van der Waals surface area contributed by atoms with E-state index in [1.165, 1.54) is 38.3 Å². The van der Waals surface area contributed by atoms with Crippen molar-refractivity contribution in [3.63, 3.8) is 0 Å². The summed E-state index contributed by atoms with van der Waals surface area (Å²) in [5, 5.41) is 16.1. The van der Waals surface area contributed by atoms with E-state index in [0.717, 1.165) is 19.3 Å². The van der Waals surface area contributed by atoms with Crippen molar-refractivity contribution < 1.29 is 28.6 Å². The van der Waals surface area contributed by atoms with Crippen molar-refractivity contribution in [2.24, 2.45) is 39.9 Å². The quantitative estimate of drug-likeness (QED) is 0.376. The molecule has 0 aromatic heterocycles. The third-order valence-electron chi connectivity index (χ3n) is 12.1. The Morgan fingerprint density at radius 3 is 2.66 bits per heavy atom. The molecule has 6 aliphatic rings. The molecular formula is C32H43FN2O5S. The fourth-order valence-corrected chi connectivity index (χ4v) is 10.7. The maximum absolute atomic E-state index is 15.9. The molecule has 3 unspecified atom stereocenters.